The summed E-state index contributed by atoms with van der Waals surface area (Å²) < 4.78 is 21.3. The number of hydrogen-bond donors (Lipinski definition) is 0. The number of methoxy groups -OCH3 is 4. The van der Waals surface area contributed by atoms with Gasteiger partial charge in [0.25, 0.3) is 0 Å². The molecular weight excluding hydrogens is 292 g/mol. The Labute approximate surface area is 137 Å². The van der Waals surface area contributed by atoms with Crippen LogP contribution in [-0.2, 0) is 0 Å². The Morgan fingerprint density at radius 2 is 1.35 bits per heavy atom. The maximum atomic E-state index is 5.40. The molecule has 4 nitrogen and oxygen atoms in total. The lowest BCUT2D eigenvalue weighted by Crippen LogP contribution is -1.96. The molecule has 0 saturated heterocycles. The average Bonchev–Trinajstić information content (AvgIpc) is 2.60. The summed E-state index contributed by atoms with van der Waals surface area (Å²) in [5.74, 6) is 2.72. The quantitative estimate of drug-likeness (QED) is 0.746. The SMILES string of the molecule is COc1ccc(/C=C(\C)c2cc(OC)c(OC)c(OC)c2)cc1. The fourth-order valence-corrected chi connectivity index (χ4v) is 2.34. The van der Waals surface area contributed by atoms with Crippen LogP contribution in [0.5, 0.6) is 23.0 Å². The molecule has 4 heteroatoms. The van der Waals surface area contributed by atoms with Gasteiger partial charge in [-0.15, -0.1) is 0 Å². The molecule has 2 aromatic carbocycles. The van der Waals surface area contributed by atoms with Crippen LogP contribution in [0.3, 0.4) is 0 Å². The molecule has 2 aromatic rings. The zero-order valence-electron chi connectivity index (χ0n) is 14.2. The molecule has 122 valence electrons. The number of rotatable bonds is 6. The first-order valence-electron chi connectivity index (χ1n) is 7.25. The van der Waals surface area contributed by atoms with Crippen LogP contribution in [0, 0.1) is 0 Å². The molecule has 0 aliphatic rings. The van der Waals surface area contributed by atoms with Gasteiger partial charge in [0.1, 0.15) is 5.75 Å². The van der Waals surface area contributed by atoms with Crippen LogP contribution in [0.15, 0.2) is 36.4 Å². The molecule has 0 bridgehead atoms. The van der Waals surface area contributed by atoms with Gasteiger partial charge in [0, 0.05) is 0 Å². The van der Waals surface area contributed by atoms with E-state index in [1.807, 2.05) is 43.3 Å². The highest BCUT2D eigenvalue weighted by Crippen LogP contribution is 2.40. The third-order valence-electron chi connectivity index (χ3n) is 3.62. The minimum atomic E-state index is 0.594. The molecular formula is C19H22O4. The lowest BCUT2D eigenvalue weighted by molar-refractivity contribution is 0.324. The predicted octanol–water partition coefficient (Wildman–Crippen LogP) is 4.28. The van der Waals surface area contributed by atoms with E-state index in [0.717, 1.165) is 22.4 Å². The summed E-state index contributed by atoms with van der Waals surface area (Å²) >= 11 is 0. The van der Waals surface area contributed by atoms with Crippen LogP contribution in [-0.4, -0.2) is 28.4 Å². The van der Waals surface area contributed by atoms with Crippen LogP contribution in [0.2, 0.25) is 0 Å². The molecule has 0 unspecified atom stereocenters. The topological polar surface area (TPSA) is 36.9 Å². The standard InChI is InChI=1S/C19H22O4/c1-13(10-14-6-8-16(20-2)9-7-14)15-11-17(21-3)19(23-5)18(12-15)22-4/h6-12H,1-5H3/b13-10+. The van der Waals surface area contributed by atoms with Gasteiger partial charge in [-0.1, -0.05) is 18.2 Å². The lowest BCUT2D eigenvalue weighted by atomic mass is 10.0. The highest BCUT2D eigenvalue weighted by Gasteiger charge is 2.13. The molecule has 0 amide bonds. The smallest absolute Gasteiger partial charge is 0.203 e. The van der Waals surface area contributed by atoms with E-state index in [4.69, 9.17) is 18.9 Å². The minimum Gasteiger partial charge on any atom is -0.497 e. The Morgan fingerprint density at radius 1 is 0.783 bits per heavy atom. The Kier molecular flexibility index (Phi) is 5.52. The second-order valence-electron chi connectivity index (χ2n) is 5.01. The maximum Gasteiger partial charge on any atom is 0.203 e. The largest absolute Gasteiger partial charge is 0.497 e. The van der Waals surface area contributed by atoms with Gasteiger partial charge in [-0.3, -0.25) is 0 Å². The van der Waals surface area contributed by atoms with Crippen molar-refractivity contribution in [2.24, 2.45) is 0 Å². The normalized spacial score (nSPS) is 11.1. The van der Waals surface area contributed by atoms with Gasteiger partial charge in [0.15, 0.2) is 11.5 Å². The summed E-state index contributed by atoms with van der Waals surface area (Å²) in [5.41, 5.74) is 3.20. The molecule has 0 N–H and O–H groups in total. The summed E-state index contributed by atoms with van der Waals surface area (Å²) in [5, 5.41) is 0. The van der Waals surface area contributed by atoms with Crippen LogP contribution < -0.4 is 18.9 Å². The van der Waals surface area contributed by atoms with Gasteiger partial charge in [-0.2, -0.15) is 0 Å². The number of allylic oxidation sites excluding steroid dienone is 1. The second-order valence-corrected chi connectivity index (χ2v) is 5.01. The van der Waals surface area contributed by atoms with E-state index < -0.39 is 0 Å². The minimum absolute atomic E-state index is 0.594. The molecule has 0 radical (unpaired) electrons. The van der Waals surface area contributed by atoms with Crippen molar-refractivity contribution >= 4 is 11.6 Å². The molecule has 23 heavy (non-hydrogen) atoms. The van der Waals surface area contributed by atoms with Crippen molar-refractivity contribution in [1.82, 2.24) is 0 Å². The summed E-state index contributed by atoms with van der Waals surface area (Å²) in [4.78, 5) is 0. The highest BCUT2D eigenvalue weighted by molar-refractivity contribution is 5.82. The first-order chi connectivity index (χ1) is 11.1. The van der Waals surface area contributed by atoms with Gasteiger partial charge in [-0.25, -0.2) is 0 Å². The van der Waals surface area contributed by atoms with Gasteiger partial charge in [0.2, 0.25) is 5.75 Å². The van der Waals surface area contributed by atoms with Crippen LogP contribution in [0.25, 0.3) is 11.6 Å². The van der Waals surface area contributed by atoms with E-state index in [2.05, 4.69) is 6.08 Å². The van der Waals surface area contributed by atoms with E-state index in [1.54, 1.807) is 28.4 Å². The fourth-order valence-electron chi connectivity index (χ4n) is 2.34. The van der Waals surface area contributed by atoms with Crippen molar-refractivity contribution in [2.75, 3.05) is 28.4 Å². The van der Waals surface area contributed by atoms with Gasteiger partial charge >= 0.3 is 0 Å². The van der Waals surface area contributed by atoms with E-state index in [1.165, 1.54) is 0 Å². The lowest BCUT2D eigenvalue weighted by Gasteiger charge is -2.14. The predicted molar refractivity (Wildman–Crippen MR) is 92.6 cm³/mol. The first-order valence-corrected chi connectivity index (χ1v) is 7.25. The zero-order chi connectivity index (χ0) is 16.8. The van der Waals surface area contributed by atoms with E-state index in [9.17, 15) is 0 Å². The summed E-state index contributed by atoms with van der Waals surface area (Å²) in [6, 6.07) is 11.8. The summed E-state index contributed by atoms with van der Waals surface area (Å²) in [6.45, 7) is 2.05. The van der Waals surface area contributed by atoms with Gasteiger partial charge in [0.05, 0.1) is 28.4 Å². The molecule has 0 spiro atoms. The molecule has 2 rings (SSSR count). The van der Waals surface area contributed by atoms with Crippen molar-refractivity contribution in [3.8, 4) is 23.0 Å². The van der Waals surface area contributed by atoms with Crippen molar-refractivity contribution in [3.63, 3.8) is 0 Å². The third-order valence-corrected chi connectivity index (χ3v) is 3.62. The third kappa shape index (κ3) is 3.77. The highest BCUT2D eigenvalue weighted by atomic mass is 16.5. The van der Waals surface area contributed by atoms with Gasteiger partial charge in [-0.05, 0) is 47.9 Å². The van der Waals surface area contributed by atoms with Gasteiger partial charge < -0.3 is 18.9 Å². The fraction of sp³-hybridized carbons (Fsp3) is 0.263. The van der Waals surface area contributed by atoms with E-state index >= 15 is 0 Å². The maximum absolute atomic E-state index is 5.40. The monoisotopic (exact) mass is 314 g/mol. The molecule has 0 atom stereocenters. The molecule has 0 saturated carbocycles. The molecule has 0 aliphatic heterocycles. The van der Waals surface area contributed by atoms with Crippen LogP contribution in [0.4, 0.5) is 0 Å². The molecule has 0 aromatic heterocycles. The van der Waals surface area contributed by atoms with Crippen LogP contribution in [0.1, 0.15) is 18.1 Å². The Bertz CT molecular complexity index is 662. The summed E-state index contributed by atoms with van der Waals surface area (Å²) in [6.07, 6.45) is 2.10. The van der Waals surface area contributed by atoms with Crippen molar-refractivity contribution in [3.05, 3.63) is 47.5 Å². The van der Waals surface area contributed by atoms with Crippen molar-refractivity contribution < 1.29 is 18.9 Å². The summed E-state index contributed by atoms with van der Waals surface area (Å²) in [7, 11) is 6.49. The number of hydrogen-bond acceptors (Lipinski definition) is 4. The molecule has 0 heterocycles. The number of ether oxygens (including phenoxy) is 4. The number of benzene rings is 2. The Balaban J connectivity index is 2.41. The molecule has 0 fully saturated rings. The van der Waals surface area contributed by atoms with Crippen molar-refractivity contribution in [1.29, 1.82) is 0 Å². The Hall–Kier alpha value is -2.62. The first kappa shape index (κ1) is 16.7. The average molecular weight is 314 g/mol. The zero-order valence-corrected chi connectivity index (χ0v) is 14.2. The second kappa shape index (κ2) is 7.58. The molecule has 0 aliphatic carbocycles. The van der Waals surface area contributed by atoms with Crippen LogP contribution >= 0.6 is 0 Å². The van der Waals surface area contributed by atoms with E-state index in [0.29, 0.717) is 17.2 Å². The van der Waals surface area contributed by atoms with E-state index in [-0.39, 0.29) is 0 Å². The van der Waals surface area contributed by atoms with Crippen molar-refractivity contribution in [2.45, 2.75) is 6.92 Å². The Morgan fingerprint density at radius 3 is 1.78 bits per heavy atom.